The fraction of sp³-hybridized carbons (Fsp3) is 0.435. The summed E-state index contributed by atoms with van der Waals surface area (Å²) in [6, 6.07) is 6.25. The molecule has 35 heavy (non-hydrogen) atoms. The van der Waals surface area contributed by atoms with Crippen molar-refractivity contribution >= 4 is 34.6 Å². The van der Waals surface area contributed by atoms with Crippen molar-refractivity contribution in [2.24, 2.45) is 0 Å². The van der Waals surface area contributed by atoms with E-state index in [9.17, 15) is 17.6 Å². The van der Waals surface area contributed by atoms with Gasteiger partial charge in [-0.2, -0.15) is 23.4 Å². The Balaban J connectivity index is 1.32. The minimum absolute atomic E-state index is 0.0409. The highest BCUT2D eigenvalue weighted by atomic mass is 35.5. The monoisotopic (exact) mass is 528 g/mol. The quantitative estimate of drug-likeness (QED) is 0.219. The summed E-state index contributed by atoms with van der Waals surface area (Å²) in [5.41, 5.74) is 2.77. The molecule has 0 atom stereocenters. The summed E-state index contributed by atoms with van der Waals surface area (Å²) in [7, 11) is 0. The first-order valence-electron chi connectivity index (χ1n) is 11.2. The molecule has 3 aromatic rings. The zero-order chi connectivity index (χ0) is 25.3. The summed E-state index contributed by atoms with van der Waals surface area (Å²) in [5.74, 6) is -0.250. The number of alkyl halides is 3. The van der Waals surface area contributed by atoms with Gasteiger partial charge in [0, 0.05) is 19.0 Å². The van der Waals surface area contributed by atoms with E-state index in [0.29, 0.717) is 36.9 Å². The van der Waals surface area contributed by atoms with E-state index in [2.05, 4.69) is 20.8 Å². The van der Waals surface area contributed by atoms with Gasteiger partial charge in [0.2, 0.25) is 0 Å². The first kappa shape index (κ1) is 25.4. The summed E-state index contributed by atoms with van der Waals surface area (Å²) >= 11 is 11.4. The lowest BCUT2D eigenvalue weighted by Crippen LogP contribution is -2.30. The average Bonchev–Trinajstić information content (AvgIpc) is 3.51. The Bertz CT molecular complexity index is 1210. The standard InChI is InChI=1S/C23H25ClF4N6S/c1-13-19(14(2)34(31-13)12-15-4-8-17(25)9-5-15)30-22(35)29-10-3-11-33-20(16-6-7-16)18(24)21(32-33)23(26,27)28/h4-5,8-9,16H,3,6-7,10-12H2,1-2H3,(H2,29,30,35). The second kappa shape index (κ2) is 10.1. The maximum absolute atomic E-state index is 13.2. The van der Waals surface area contributed by atoms with Gasteiger partial charge in [-0.15, -0.1) is 0 Å². The molecule has 0 radical (unpaired) electrons. The summed E-state index contributed by atoms with van der Waals surface area (Å²) in [6.45, 7) is 5.00. The molecule has 1 fully saturated rings. The van der Waals surface area contributed by atoms with Crippen molar-refractivity contribution in [2.75, 3.05) is 11.9 Å². The second-order valence-electron chi connectivity index (χ2n) is 8.61. The fourth-order valence-corrected chi connectivity index (χ4v) is 4.54. The fourth-order valence-electron chi connectivity index (χ4n) is 3.93. The van der Waals surface area contributed by atoms with Crippen molar-refractivity contribution in [3.05, 3.63) is 63.4 Å². The van der Waals surface area contributed by atoms with Gasteiger partial charge in [0.15, 0.2) is 10.8 Å². The lowest BCUT2D eigenvalue weighted by molar-refractivity contribution is -0.141. The molecule has 0 spiro atoms. The SMILES string of the molecule is Cc1nn(Cc2ccc(F)cc2)c(C)c1NC(=S)NCCCn1nc(C(F)(F)F)c(Cl)c1C1CC1. The third kappa shape index (κ3) is 5.95. The summed E-state index contributed by atoms with van der Waals surface area (Å²) in [5, 5.41) is 14.6. The van der Waals surface area contributed by atoms with E-state index in [0.717, 1.165) is 35.5 Å². The summed E-state index contributed by atoms with van der Waals surface area (Å²) in [6.07, 6.45) is -2.42. The van der Waals surface area contributed by atoms with Crippen LogP contribution in [-0.4, -0.2) is 31.2 Å². The van der Waals surface area contributed by atoms with Gasteiger partial charge in [-0.1, -0.05) is 23.7 Å². The Kier molecular flexibility index (Phi) is 7.37. The van der Waals surface area contributed by atoms with Gasteiger partial charge in [-0.05, 0) is 63.0 Å². The minimum atomic E-state index is -4.58. The molecule has 0 saturated heterocycles. The number of hydrogen-bond acceptors (Lipinski definition) is 3. The van der Waals surface area contributed by atoms with E-state index in [-0.39, 0.29) is 16.8 Å². The van der Waals surface area contributed by atoms with Crippen LogP contribution in [0.5, 0.6) is 0 Å². The van der Waals surface area contributed by atoms with E-state index >= 15 is 0 Å². The lowest BCUT2D eigenvalue weighted by atomic mass is 10.2. The molecular weight excluding hydrogens is 504 g/mol. The molecule has 2 heterocycles. The molecule has 6 nitrogen and oxygen atoms in total. The topological polar surface area (TPSA) is 59.7 Å². The van der Waals surface area contributed by atoms with Crippen LogP contribution in [0, 0.1) is 19.7 Å². The zero-order valence-electron chi connectivity index (χ0n) is 19.2. The highest BCUT2D eigenvalue weighted by molar-refractivity contribution is 7.80. The predicted molar refractivity (Wildman–Crippen MR) is 130 cm³/mol. The van der Waals surface area contributed by atoms with E-state index in [1.807, 2.05) is 18.5 Å². The van der Waals surface area contributed by atoms with Crippen molar-refractivity contribution in [1.82, 2.24) is 24.9 Å². The molecule has 1 saturated carbocycles. The summed E-state index contributed by atoms with van der Waals surface area (Å²) < 4.78 is 56.0. The molecule has 1 aromatic carbocycles. The van der Waals surface area contributed by atoms with Crippen LogP contribution in [0.3, 0.4) is 0 Å². The largest absolute Gasteiger partial charge is 0.436 e. The number of nitrogens with one attached hydrogen (secondary N) is 2. The molecule has 188 valence electrons. The van der Waals surface area contributed by atoms with Crippen LogP contribution in [0.15, 0.2) is 24.3 Å². The average molecular weight is 529 g/mol. The molecule has 1 aliphatic carbocycles. The smallest absolute Gasteiger partial charge is 0.362 e. The number of rotatable bonds is 8. The second-order valence-corrected chi connectivity index (χ2v) is 9.39. The molecule has 1 aliphatic rings. The number of halogens is 5. The van der Waals surface area contributed by atoms with Crippen LogP contribution in [0.1, 0.15) is 53.5 Å². The van der Waals surface area contributed by atoms with E-state index in [1.165, 1.54) is 16.8 Å². The Morgan fingerprint density at radius 3 is 2.46 bits per heavy atom. The normalized spacial score (nSPS) is 13.8. The Morgan fingerprint density at radius 2 is 1.83 bits per heavy atom. The van der Waals surface area contributed by atoms with Crippen LogP contribution in [0.2, 0.25) is 5.02 Å². The number of nitrogens with zero attached hydrogens (tertiary/aromatic N) is 4. The van der Waals surface area contributed by atoms with Gasteiger partial charge in [0.05, 0.1) is 34.3 Å². The number of hydrogen-bond donors (Lipinski definition) is 2. The molecule has 0 bridgehead atoms. The number of aryl methyl sites for hydroxylation is 2. The molecule has 2 N–H and O–H groups in total. The van der Waals surface area contributed by atoms with Gasteiger partial charge in [-0.25, -0.2) is 4.39 Å². The minimum Gasteiger partial charge on any atom is -0.362 e. The number of thiocarbonyl (C=S) groups is 1. The molecule has 4 rings (SSSR count). The van der Waals surface area contributed by atoms with Crippen LogP contribution >= 0.6 is 23.8 Å². The summed E-state index contributed by atoms with van der Waals surface area (Å²) in [4.78, 5) is 0. The Hall–Kier alpha value is -2.66. The first-order valence-corrected chi connectivity index (χ1v) is 12.0. The third-order valence-corrected chi connectivity index (χ3v) is 6.48. The maximum atomic E-state index is 13.2. The molecule has 0 unspecified atom stereocenters. The van der Waals surface area contributed by atoms with Crippen LogP contribution in [-0.2, 0) is 19.3 Å². The molecular formula is C23H25ClF4N6S. The van der Waals surface area contributed by atoms with Gasteiger partial charge < -0.3 is 10.6 Å². The van der Waals surface area contributed by atoms with Gasteiger partial charge in [-0.3, -0.25) is 9.36 Å². The highest BCUT2D eigenvalue weighted by Gasteiger charge is 2.41. The van der Waals surface area contributed by atoms with Gasteiger partial charge in [0.1, 0.15) is 5.82 Å². The van der Waals surface area contributed by atoms with Crippen LogP contribution in [0.4, 0.5) is 23.2 Å². The first-order chi connectivity index (χ1) is 16.5. The lowest BCUT2D eigenvalue weighted by Gasteiger charge is -2.12. The number of anilines is 1. The van der Waals surface area contributed by atoms with E-state index in [1.54, 1.807) is 12.1 Å². The molecule has 2 aromatic heterocycles. The van der Waals surface area contributed by atoms with Crippen molar-refractivity contribution in [2.45, 2.75) is 58.3 Å². The van der Waals surface area contributed by atoms with Gasteiger partial charge >= 0.3 is 6.18 Å². The molecule has 0 amide bonds. The number of benzene rings is 1. The Morgan fingerprint density at radius 1 is 1.14 bits per heavy atom. The highest BCUT2D eigenvalue weighted by Crippen LogP contribution is 2.46. The van der Waals surface area contributed by atoms with Crippen molar-refractivity contribution < 1.29 is 17.6 Å². The zero-order valence-corrected chi connectivity index (χ0v) is 20.8. The Labute approximate surface area is 210 Å². The van der Waals surface area contributed by atoms with Crippen LogP contribution in [0.25, 0.3) is 0 Å². The van der Waals surface area contributed by atoms with Crippen molar-refractivity contribution in [1.29, 1.82) is 0 Å². The van der Waals surface area contributed by atoms with Gasteiger partial charge in [0.25, 0.3) is 0 Å². The molecule has 0 aliphatic heterocycles. The van der Waals surface area contributed by atoms with Crippen molar-refractivity contribution in [3.63, 3.8) is 0 Å². The predicted octanol–water partition coefficient (Wildman–Crippen LogP) is 5.81. The molecule has 12 heteroatoms. The van der Waals surface area contributed by atoms with Crippen molar-refractivity contribution in [3.8, 4) is 0 Å². The third-order valence-electron chi connectivity index (χ3n) is 5.86. The maximum Gasteiger partial charge on any atom is 0.436 e. The number of aromatic nitrogens is 4. The van der Waals surface area contributed by atoms with E-state index < -0.39 is 11.9 Å². The van der Waals surface area contributed by atoms with Crippen LogP contribution < -0.4 is 10.6 Å². The van der Waals surface area contributed by atoms with E-state index in [4.69, 9.17) is 23.8 Å².